The molecule has 3 heteroatoms. The first-order valence-electron chi connectivity index (χ1n) is 6.27. The van der Waals surface area contributed by atoms with Crippen LogP contribution < -0.4 is 11.1 Å². The standard InChI is InChI=1S/C14H20N2O/c1-11(17)16-13-7-5-6-12(10-13)14(15)8-3-2-4-9-14/h5-7,10H,2-4,8-9,15H2,1H3,(H,16,17). The Morgan fingerprint density at radius 1 is 1.29 bits per heavy atom. The highest BCUT2D eigenvalue weighted by molar-refractivity contribution is 5.88. The summed E-state index contributed by atoms with van der Waals surface area (Å²) in [6.07, 6.45) is 5.75. The Morgan fingerprint density at radius 3 is 2.65 bits per heavy atom. The summed E-state index contributed by atoms with van der Waals surface area (Å²) in [4.78, 5) is 11.0. The number of hydrogen-bond acceptors (Lipinski definition) is 2. The van der Waals surface area contributed by atoms with Gasteiger partial charge in [-0.1, -0.05) is 31.4 Å². The summed E-state index contributed by atoms with van der Waals surface area (Å²) in [5.41, 5.74) is 8.25. The van der Waals surface area contributed by atoms with Crippen LogP contribution in [0.3, 0.4) is 0 Å². The number of hydrogen-bond donors (Lipinski definition) is 2. The highest BCUT2D eigenvalue weighted by Gasteiger charge is 2.29. The summed E-state index contributed by atoms with van der Waals surface area (Å²) in [5.74, 6) is -0.0446. The molecule has 0 bridgehead atoms. The Hall–Kier alpha value is -1.35. The summed E-state index contributed by atoms with van der Waals surface area (Å²) in [6, 6.07) is 7.93. The van der Waals surface area contributed by atoms with Crippen LogP contribution in [-0.2, 0) is 10.3 Å². The van der Waals surface area contributed by atoms with Crippen LogP contribution in [0.15, 0.2) is 24.3 Å². The van der Waals surface area contributed by atoms with Gasteiger partial charge in [-0.3, -0.25) is 4.79 Å². The first-order chi connectivity index (χ1) is 8.10. The second kappa shape index (κ2) is 4.88. The third-order valence-corrected chi connectivity index (χ3v) is 3.50. The maximum Gasteiger partial charge on any atom is 0.221 e. The summed E-state index contributed by atoms with van der Waals surface area (Å²) < 4.78 is 0. The maximum absolute atomic E-state index is 11.0. The third-order valence-electron chi connectivity index (χ3n) is 3.50. The summed E-state index contributed by atoms with van der Waals surface area (Å²) in [5, 5.41) is 2.81. The minimum absolute atomic E-state index is 0.0446. The van der Waals surface area contributed by atoms with Crippen molar-refractivity contribution in [3.05, 3.63) is 29.8 Å². The van der Waals surface area contributed by atoms with Gasteiger partial charge in [0.05, 0.1) is 0 Å². The average molecular weight is 232 g/mol. The summed E-state index contributed by atoms with van der Waals surface area (Å²) >= 11 is 0. The van der Waals surface area contributed by atoms with Crippen molar-refractivity contribution in [3.8, 4) is 0 Å². The molecule has 0 aromatic heterocycles. The summed E-state index contributed by atoms with van der Waals surface area (Å²) in [6.45, 7) is 1.52. The van der Waals surface area contributed by atoms with Gasteiger partial charge in [-0.05, 0) is 30.5 Å². The van der Waals surface area contributed by atoms with Gasteiger partial charge in [-0.2, -0.15) is 0 Å². The Bertz CT molecular complexity index is 408. The van der Waals surface area contributed by atoms with E-state index in [0.29, 0.717) is 0 Å². The van der Waals surface area contributed by atoms with Crippen LogP contribution in [0, 0.1) is 0 Å². The SMILES string of the molecule is CC(=O)Nc1cccc(C2(N)CCCCC2)c1. The Balaban J connectivity index is 2.22. The van der Waals surface area contributed by atoms with Crippen molar-refractivity contribution >= 4 is 11.6 Å². The van der Waals surface area contributed by atoms with Gasteiger partial charge in [-0.15, -0.1) is 0 Å². The monoisotopic (exact) mass is 232 g/mol. The highest BCUT2D eigenvalue weighted by Crippen LogP contribution is 2.35. The first kappa shape index (κ1) is 12.1. The molecule has 92 valence electrons. The molecule has 0 atom stereocenters. The molecule has 1 aromatic carbocycles. The number of nitrogens with two attached hydrogens (primary N) is 1. The molecule has 0 saturated heterocycles. The topological polar surface area (TPSA) is 55.1 Å². The highest BCUT2D eigenvalue weighted by atomic mass is 16.1. The molecule has 3 N–H and O–H groups in total. The van der Waals surface area contributed by atoms with Gasteiger partial charge >= 0.3 is 0 Å². The molecular weight excluding hydrogens is 212 g/mol. The lowest BCUT2D eigenvalue weighted by atomic mass is 9.77. The fourth-order valence-electron chi connectivity index (χ4n) is 2.58. The van der Waals surface area contributed by atoms with Gasteiger partial charge in [0.15, 0.2) is 0 Å². The van der Waals surface area contributed by atoms with Crippen LogP contribution in [0.5, 0.6) is 0 Å². The molecule has 0 radical (unpaired) electrons. The normalized spacial score (nSPS) is 18.7. The van der Waals surface area contributed by atoms with Crippen molar-refractivity contribution in [2.75, 3.05) is 5.32 Å². The van der Waals surface area contributed by atoms with Crippen molar-refractivity contribution in [2.24, 2.45) is 5.73 Å². The van der Waals surface area contributed by atoms with E-state index < -0.39 is 0 Å². The lowest BCUT2D eigenvalue weighted by molar-refractivity contribution is -0.114. The largest absolute Gasteiger partial charge is 0.326 e. The maximum atomic E-state index is 11.0. The molecule has 3 nitrogen and oxygen atoms in total. The lowest BCUT2D eigenvalue weighted by Gasteiger charge is -2.34. The molecule has 0 unspecified atom stereocenters. The third kappa shape index (κ3) is 2.86. The van der Waals surface area contributed by atoms with E-state index in [-0.39, 0.29) is 11.4 Å². The number of anilines is 1. The van der Waals surface area contributed by atoms with Crippen LogP contribution in [0.1, 0.15) is 44.6 Å². The second-order valence-corrected chi connectivity index (χ2v) is 4.98. The molecule has 1 saturated carbocycles. The van der Waals surface area contributed by atoms with Crippen LogP contribution in [0.25, 0.3) is 0 Å². The van der Waals surface area contributed by atoms with Crippen molar-refractivity contribution < 1.29 is 4.79 Å². The minimum Gasteiger partial charge on any atom is -0.326 e. The van der Waals surface area contributed by atoms with Crippen molar-refractivity contribution in [1.82, 2.24) is 0 Å². The van der Waals surface area contributed by atoms with Crippen molar-refractivity contribution in [1.29, 1.82) is 0 Å². The Labute approximate surface area is 102 Å². The predicted molar refractivity (Wildman–Crippen MR) is 69.7 cm³/mol. The Kier molecular flexibility index (Phi) is 3.48. The molecule has 17 heavy (non-hydrogen) atoms. The predicted octanol–water partition coefficient (Wildman–Crippen LogP) is 2.76. The molecule has 1 fully saturated rings. The van der Waals surface area contributed by atoms with E-state index in [0.717, 1.165) is 24.1 Å². The van der Waals surface area contributed by atoms with Gasteiger partial charge in [0.2, 0.25) is 5.91 Å². The lowest BCUT2D eigenvalue weighted by Crippen LogP contribution is -2.38. The molecule has 0 aliphatic heterocycles. The molecule has 1 aliphatic rings. The van der Waals surface area contributed by atoms with E-state index in [1.807, 2.05) is 18.2 Å². The fraction of sp³-hybridized carbons (Fsp3) is 0.500. The number of amides is 1. The number of nitrogens with one attached hydrogen (secondary N) is 1. The van der Waals surface area contributed by atoms with Gasteiger partial charge in [0, 0.05) is 18.2 Å². The number of rotatable bonds is 2. The van der Waals surface area contributed by atoms with Gasteiger partial charge in [0.25, 0.3) is 0 Å². The zero-order valence-corrected chi connectivity index (χ0v) is 10.3. The molecule has 1 aromatic rings. The molecule has 1 aliphatic carbocycles. The van der Waals surface area contributed by atoms with Gasteiger partial charge in [-0.25, -0.2) is 0 Å². The van der Waals surface area contributed by atoms with E-state index in [2.05, 4.69) is 11.4 Å². The molecule has 0 spiro atoms. The van der Waals surface area contributed by atoms with Crippen LogP contribution in [0.4, 0.5) is 5.69 Å². The Morgan fingerprint density at radius 2 is 2.00 bits per heavy atom. The summed E-state index contributed by atoms with van der Waals surface area (Å²) in [7, 11) is 0. The van der Waals surface area contributed by atoms with Crippen LogP contribution >= 0.6 is 0 Å². The average Bonchev–Trinajstić information content (AvgIpc) is 2.29. The van der Waals surface area contributed by atoms with Gasteiger partial charge in [0.1, 0.15) is 0 Å². The van der Waals surface area contributed by atoms with Crippen LogP contribution in [-0.4, -0.2) is 5.91 Å². The van der Waals surface area contributed by atoms with Crippen molar-refractivity contribution in [2.45, 2.75) is 44.6 Å². The second-order valence-electron chi connectivity index (χ2n) is 4.98. The van der Waals surface area contributed by atoms with Gasteiger partial charge < -0.3 is 11.1 Å². The zero-order valence-electron chi connectivity index (χ0n) is 10.3. The van der Waals surface area contributed by atoms with E-state index in [9.17, 15) is 4.79 Å². The fourth-order valence-corrected chi connectivity index (χ4v) is 2.58. The molecule has 2 rings (SSSR count). The number of carbonyl (C=O) groups is 1. The van der Waals surface area contributed by atoms with Crippen LogP contribution in [0.2, 0.25) is 0 Å². The van der Waals surface area contributed by atoms with Crippen molar-refractivity contribution in [3.63, 3.8) is 0 Å². The smallest absolute Gasteiger partial charge is 0.221 e. The molecule has 1 amide bonds. The molecular formula is C14H20N2O. The minimum atomic E-state index is -0.202. The van der Waals surface area contributed by atoms with E-state index in [4.69, 9.17) is 5.73 Å². The molecule has 0 heterocycles. The van der Waals surface area contributed by atoms with E-state index >= 15 is 0 Å². The number of benzene rings is 1. The zero-order chi connectivity index (χ0) is 12.3. The van der Waals surface area contributed by atoms with E-state index in [1.165, 1.54) is 26.2 Å². The number of carbonyl (C=O) groups excluding carboxylic acids is 1. The van der Waals surface area contributed by atoms with E-state index in [1.54, 1.807) is 0 Å². The first-order valence-corrected chi connectivity index (χ1v) is 6.27. The quantitative estimate of drug-likeness (QED) is 0.823.